The maximum absolute atomic E-state index is 12.2. The molecule has 0 saturated heterocycles. The molecule has 2 aromatic rings. The number of carbonyl (C=O) groups excluding carboxylic acids is 2. The number of rotatable bonds is 7. The molecule has 3 rings (SSSR count). The SMILES string of the molecule is Cc1nc(CCC(=O)NC2CCC(C(=O)NCc3n[nH]c(=O)[nH]3)CC2)cs1. The van der Waals surface area contributed by atoms with Crippen molar-refractivity contribution in [3.63, 3.8) is 0 Å². The number of nitrogens with one attached hydrogen (secondary N) is 4. The predicted molar refractivity (Wildman–Crippen MR) is 100 cm³/mol. The highest BCUT2D eigenvalue weighted by molar-refractivity contribution is 7.09. The first-order chi connectivity index (χ1) is 13.0. The van der Waals surface area contributed by atoms with Gasteiger partial charge in [0.2, 0.25) is 11.8 Å². The third-order valence-corrected chi connectivity index (χ3v) is 5.54. The Bertz CT molecular complexity index is 834. The van der Waals surface area contributed by atoms with Crippen molar-refractivity contribution in [3.05, 3.63) is 32.4 Å². The van der Waals surface area contributed by atoms with Crippen molar-refractivity contribution in [1.82, 2.24) is 30.8 Å². The summed E-state index contributed by atoms with van der Waals surface area (Å²) in [4.78, 5) is 42.2. The molecule has 0 unspecified atom stereocenters. The van der Waals surface area contributed by atoms with Gasteiger partial charge in [0.1, 0.15) is 5.82 Å². The molecule has 0 atom stereocenters. The summed E-state index contributed by atoms with van der Waals surface area (Å²) in [7, 11) is 0. The van der Waals surface area contributed by atoms with Crippen molar-refractivity contribution in [2.45, 2.75) is 58.0 Å². The second kappa shape index (κ2) is 8.94. The zero-order valence-corrected chi connectivity index (χ0v) is 16.0. The Morgan fingerprint density at radius 2 is 2.07 bits per heavy atom. The van der Waals surface area contributed by atoms with Crippen LogP contribution in [-0.2, 0) is 22.6 Å². The molecule has 10 heteroatoms. The van der Waals surface area contributed by atoms with E-state index in [-0.39, 0.29) is 36.0 Å². The van der Waals surface area contributed by atoms with Gasteiger partial charge in [-0.15, -0.1) is 11.3 Å². The van der Waals surface area contributed by atoms with Crippen LogP contribution in [0.25, 0.3) is 0 Å². The number of aryl methyl sites for hydroxylation is 2. The number of aromatic nitrogens is 4. The van der Waals surface area contributed by atoms with E-state index in [0.29, 0.717) is 18.7 Å². The minimum atomic E-state index is -0.389. The molecular weight excluding hydrogens is 368 g/mol. The van der Waals surface area contributed by atoms with E-state index in [2.05, 4.69) is 30.8 Å². The highest BCUT2D eigenvalue weighted by atomic mass is 32.1. The third kappa shape index (κ3) is 5.75. The second-order valence-electron chi connectivity index (χ2n) is 6.82. The van der Waals surface area contributed by atoms with Gasteiger partial charge in [-0.05, 0) is 39.0 Å². The van der Waals surface area contributed by atoms with Gasteiger partial charge in [-0.3, -0.25) is 14.6 Å². The molecule has 4 N–H and O–H groups in total. The molecule has 0 radical (unpaired) electrons. The molecule has 27 heavy (non-hydrogen) atoms. The van der Waals surface area contributed by atoms with E-state index in [9.17, 15) is 14.4 Å². The number of nitrogens with zero attached hydrogens (tertiary/aromatic N) is 2. The topological polar surface area (TPSA) is 133 Å². The van der Waals surface area contributed by atoms with E-state index in [0.717, 1.165) is 36.4 Å². The fourth-order valence-corrected chi connectivity index (χ4v) is 3.92. The molecule has 2 aromatic heterocycles. The third-order valence-electron chi connectivity index (χ3n) is 4.72. The normalized spacial score (nSPS) is 19.6. The Hall–Kier alpha value is -2.49. The van der Waals surface area contributed by atoms with Gasteiger partial charge in [0.25, 0.3) is 0 Å². The number of amides is 2. The molecule has 0 aliphatic heterocycles. The van der Waals surface area contributed by atoms with Gasteiger partial charge in [0.05, 0.1) is 17.2 Å². The lowest BCUT2D eigenvalue weighted by atomic mass is 9.85. The Kier molecular flexibility index (Phi) is 6.38. The van der Waals surface area contributed by atoms with E-state index < -0.39 is 0 Å². The standard InChI is InChI=1S/C17H24N6O3S/c1-10-19-13(9-27-10)6-7-15(24)20-12-4-2-11(3-5-12)16(25)18-8-14-21-17(26)23-22-14/h9,11-12H,2-8H2,1H3,(H,18,25)(H,20,24)(H2,21,22,23,26). The first-order valence-electron chi connectivity index (χ1n) is 9.11. The summed E-state index contributed by atoms with van der Waals surface area (Å²) in [5.74, 6) is 0.338. The highest BCUT2D eigenvalue weighted by Crippen LogP contribution is 2.24. The lowest BCUT2D eigenvalue weighted by Gasteiger charge is -2.28. The van der Waals surface area contributed by atoms with Crippen LogP contribution in [0.5, 0.6) is 0 Å². The summed E-state index contributed by atoms with van der Waals surface area (Å²) < 4.78 is 0. The van der Waals surface area contributed by atoms with Gasteiger partial charge in [-0.25, -0.2) is 14.9 Å². The van der Waals surface area contributed by atoms with Gasteiger partial charge in [0.15, 0.2) is 0 Å². The Balaban J connectivity index is 1.34. The number of hydrogen-bond donors (Lipinski definition) is 4. The molecule has 2 amide bonds. The Morgan fingerprint density at radius 3 is 2.70 bits per heavy atom. The van der Waals surface area contributed by atoms with Crippen molar-refractivity contribution in [2.24, 2.45) is 5.92 Å². The second-order valence-corrected chi connectivity index (χ2v) is 7.88. The molecule has 0 bridgehead atoms. The van der Waals surface area contributed by atoms with Crippen LogP contribution in [0.4, 0.5) is 0 Å². The first kappa shape index (κ1) is 19.3. The summed E-state index contributed by atoms with van der Waals surface area (Å²) in [6, 6.07) is 0.126. The van der Waals surface area contributed by atoms with Gasteiger partial charge in [-0.1, -0.05) is 0 Å². The van der Waals surface area contributed by atoms with Crippen LogP contribution in [0.15, 0.2) is 10.2 Å². The van der Waals surface area contributed by atoms with Crippen LogP contribution in [-0.4, -0.2) is 38.0 Å². The fourth-order valence-electron chi connectivity index (χ4n) is 3.27. The number of thiazole rings is 1. The van der Waals surface area contributed by atoms with Crippen molar-refractivity contribution < 1.29 is 9.59 Å². The largest absolute Gasteiger partial charge is 0.353 e. The molecule has 1 fully saturated rings. The zero-order chi connectivity index (χ0) is 19.2. The van der Waals surface area contributed by atoms with Crippen LogP contribution in [0.2, 0.25) is 0 Å². The van der Waals surface area contributed by atoms with Crippen molar-refractivity contribution in [2.75, 3.05) is 0 Å². The average molecular weight is 392 g/mol. The maximum atomic E-state index is 12.2. The lowest BCUT2D eigenvalue weighted by Crippen LogP contribution is -2.40. The monoisotopic (exact) mass is 392 g/mol. The first-order valence-corrected chi connectivity index (χ1v) is 9.99. The van der Waals surface area contributed by atoms with Gasteiger partial charge in [-0.2, -0.15) is 5.10 Å². The van der Waals surface area contributed by atoms with E-state index in [1.54, 1.807) is 11.3 Å². The van der Waals surface area contributed by atoms with Crippen LogP contribution in [0, 0.1) is 12.8 Å². The van der Waals surface area contributed by atoms with Crippen LogP contribution < -0.4 is 16.3 Å². The summed E-state index contributed by atoms with van der Waals surface area (Å²) in [6.07, 6.45) is 4.14. The number of carbonyl (C=O) groups is 2. The summed E-state index contributed by atoms with van der Waals surface area (Å²) in [5, 5.41) is 14.9. The molecule has 1 aliphatic rings. The lowest BCUT2D eigenvalue weighted by molar-refractivity contribution is -0.126. The zero-order valence-electron chi connectivity index (χ0n) is 15.2. The molecule has 146 valence electrons. The predicted octanol–water partition coefficient (Wildman–Crippen LogP) is 0.787. The number of H-pyrrole nitrogens is 2. The quantitative estimate of drug-likeness (QED) is 0.553. The average Bonchev–Trinajstić information content (AvgIpc) is 3.26. The smallest absolute Gasteiger partial charge is 0.340 e. The van der Waals surface area contributed by atoms with E-state index >= 15 is 0 Å². The number of aromatic amines is 2. The van der Waals surface area contributed by atoms with Crippen molar-refractivity contribution >= 4 is 23.2 Å². The summed E-state index contributed by atoms with van der Waals surface area (Å²) in [5.41, 5.74) is 0.576. The maximum Gasteiger partial charge on any atom is 0.340 e. The van der Waals surface area contributed by atoms with E-state index in [1.807, 2.05) is 12.3 Å². The van der Waals surface area contributed by atoms with E-state index in [4.69, 9.17) is 0 Å². The minimum absolute atomic E-state index is 0.0380. The summed E-state index contributed by atoms with van der Waals surface area (Å²) in [6.45, 7) is 2.15. The fraction of sp³-hybridized carbons (Fsp3) is 0.588. The van der Waals surface area contributed by atoms with Gasteiger partial charge in [0, 0.05) is 23.8 Å². The molecule has 0 aromatic carbocycles. The minimum Gasteiger partial charge on any atom is -0.353 e. The summed E-state index contributed by atoms with van der Waals surface area (Å²) >= 11 is 1.59. The van der Waals surface area contributed by atoms with Crippen LogP contribution in [0.1, 0.15) is 48.6 Å². The molecule has 9 nitrogen and oxygen atoms in total. The molecular formula is C17H24N6O3S. The molecule has 0 spiro atoms. The van der Waals surface area contributed by atoms with Gasteiger partial charge < -0.3 is 10.6 Å². The van der Waals surface area contributed by atoms with Crippen molar-refractivity contribution in [1.29, 1.82) is 0 Å². The van der Waals surface area contributed by atoms with Gasteiger partial charge >= 0.3 is 5.69 Å². The van der Waals surface area contributed by atoms with Crippen LogP contribution in [0.3, 0.4) is 0 Å². The molecule has 1 saturated carbocycles. The van der Waals surface area contributed by atoms with Crippen LogP contribution >= 0.6 is 11.3 Å². The molecule has 1 aliphatic carbocycles. The van der Waals surface area contributed by atoms with E-state index in [1.165, 1.54) is 0 Å². The van der Waals surface area contributed by atoms with Crippen molar-refractivity contribution in [3.8, 4) is 0 Å². The Labute approximate surface area is 160 Å². The molecule has 2 heterocycles. The Morgan fingerprint density at radius 1 is 1.30 bits per heavy atom. The highest BCUT2D eigenvalue weighted by Gasteiger charge is 2.27. The number of hydrogen-bond acceptors (Lipinski definition) is 6.